The summed E-state index contributed by atoms with van der Waals surface area (Å²) in [5, 5.41) is 2.11. The van der Waals surface area contributed by atoms with Crippen LogP contribution in [-0.4, -0.2) is 30.2 Å². The lowest BCUT2D eigenvalue weighted by Gasteiger charge is -2.27. The highest BCUT2D eigenvalue weighted by molar-refractivity contribution is 7.80. The van der Waals surface area contributed by atoms with E-state index in [1.807, 2.05) is 31.3 Å². The molecular formula is C15H19N3OS. The van der Waals surface area contributed by atoms with Crippen LogP contribution < -0.4 is 15.4 Å². The van der Waals surface area contributed by atoms with Gasteiger partial charge in [0, 0.05) is 36.5 Å². The molecule has 0 amide bonds. The fourth-order valence-electron chi connectivity index (χ4n) is 2.26. The molecule has 1 atom stereocenters. The maximum atomic E-state index is 5.63. The van der Waals surface area contributed by atoms with Gasteiger partial charge < -0.3 is 15.4 Å². The van der Waals surface area contributed by atoms with E-state index in [2.05, 4.69) is 16.8 Å². The zero-order valence-electron chi connectivity index (χ0n) is 12.0. The molecule has 0 fully saturated rings. The van der Waals surface area contributed by atoms with Crippen LogP contribution in [0.2, 0.25) is 0 Å². The van der Waals surface area contributed by atoms with Crippen LogP contribution >= 0.6 is 12.2 Å². The molecule has 2 aromatic rings. The van der Waals surface area contributed by atoms with Gasteiger partial charge in [-0.2, -0.15) is 0 Å². The van der Waals surface area contributed by atoms with Gasteiger partial charge in [0.2, 0.25) is 0 Å². The van der Waals surface area contributed by atoms with Crippen molar-refractivity contribution in [2.24, 2.45) is 5.73 Å². The van der Waals surface area contributed by atoms with Crippen LogP contribution in [0.4, 0.5) is 5.82 Å². The Balaban J connectivity index is 2.46. The summed E-state index contributed by atoms with van der Waals surface area (Å²) in [5.74, 6) is 1.76. The molecule has 0 spiro atoms. The molecule has 1 heterocycles. The quantitative estimate of drug-likeness (QED) is 0.858. The molecule has 1 unspecified atom stereocenters. The van der Waals surface area contributed by atoms with Crippen molar-refractivity contribution in [2.45, 2.75) is 19.4 Å². The number of nitrogens with zero attached hydrogens (tertiary/aromatic N) is 2. The SMILES string of the molecule is COc1cccc2c(N(C)C(C)CC(N)=S)nccc12. The van der Waals surface area contributed by atoms with Gasteiger partial charge in [0.15, 0.2) is 0 Å². The molecule has 0 aliphatic heterocycles. The van der Waals surface area contributed by atoms with Crippen molar-refractivity contribution in [3.63, 3.8) is 0 Å². The van der Waals surface area contributed by atoms with Crippen molar-refractivity contribution in [1.82, 2.24) is 4.98 Å². The monoisotopic (exact) mass is 289 g/mol. The van der Waals surface area contributed by atoms with Gasteiger partial charge in [-0.05, 0) is 19.1 Å². The molecule has 106 valence electrons. The molecule has 0 aliphatic rings. The highest BCUT2D eigenvalue weighted by Gasteiger charge is 2.15. The number of fused-ring (bicyclic) bond motifs is 1. The lowest BCUT2D eigenvalue weighted by Crippen LogP contribution is -2.33. The predicted octanol–water partition coefficient (Wildman–Crippen LogP) is 2.74. The minimum Gasteiger partial charge on any atom is -0.496 e. The Kier molecular flexibility index (Phi) is 4.39. The van der Waals surface area contributed by atoms with Gasteiger partial charge in [0.05, 0.1) is 12.1 Å². The summed E-state index contributed by atoms with van der Waals surface area (Å²) >= 11 is 4.99. The zero-order valence-corrected chi connectivity index (χ0v) is 12.8. The molecule has 0 saturated carbocycles. The third kappa shape index (κ3) is 2.82. The summed E-state index contributed by atoms with van der Waals surface area (Å²) in [6, 6.07) is 8.12. The van der Waals surface area contributed by atoms with E-state index in [0.717, 1.165) is 22.3 Å². The molecule has 4 nitrogen and oxygen atoms in total. The second-order valence-corrected chi connectivity index (χ2v) is 5.34. The molecule has 0 radical (unpaired) electrons. The van der Waals surface area contributed by atoms with E-state index in [9.17, 15) is 0 Å². The average molecular weight is 289 g/mol. The second-order valence-electron chi connectivity index (χ2n) is 4.82. The van der Waals surface area contributed by atoms with E-state index in [0.29, 0.717) is 11.4 Å². The van der Waals surface area contributed by atoms with Crippen LogP contribution in [-0.2, 0) is 0 Å². The summed E-state index contributed by atoms with van der Waals surface area (Å²) in [6.07, 6.45) is 2.46. The Morgan fingerprint density at radius 1 is 1.40 bits per heavy atom. The summed E-state index contributed by atoms with van der Waals surface area (Å²) < 4.78 is 5.40. The number of pyridine rings is 1. The number of thiocarbonyl (C=S) groups is 1. The van der Waals surface area contributed by atoms with Crippen molar-refractivity contribution in [2.75, 3.05) is 19.1 Å². The van der Waals surface area contributed by atoms with Crippen LogP contribution in [0.1, 0.15) is 13.3 Å². The molecule has 0 saturated heterocycles. The highest BCUT2D eigenvalue weighted by Crippen LogP contribution is 2.31. The van der Waals surface area contributed by atoms with Crippen LogP contribution in [0, 0.1) is 0 Å². The van der Waals surface area contributed by atoms with E-state index >= 15 is 0 Å². The summed E-state index contributed by atoms with van der Waals surface area (Å²) in [5.41, 5.74) is 5.63. The molecule has 2 N–H and O–H groups in total. The second kappa shape index (κ2) is 6.05. The number of aromatic nitrogens is 1. The van der Waals surface area contributed by atoms with Crippen molar-refractivity contribution in [3.05, 3.63) is 30.5 Å². The minimum atomic E-state index is 0.191. The average Bonchev–Trinajstić information content (AvgIpc) is 2.44. The number of rotatable bonds is 5. The van der Waals surface area contributed by atoms with Crippen LogP contribution in [0.3, 0.4) is 0 Å². The first kappa shape index (κ1) is 14.5. The first-order chi connectivity index (χ1) is 9.54. The van der Waals surface area contributed by atoms with E-state index in [4.69, 9.17) is 22.7 Å². The van der Waals surface area contributed by atoms with Crippen molar-refractivity contribution >= 4 is 33.8 Å². The normalized spacial score (nSPS) is 12.2. The maximum absolute atomic E-state index is 5.63. The van der Waals surface area contributed by atoms with Crippen LogP contribution in [0.15, 0.2) is 30.5 Å². The molecule has 1 aromatic heterocycles. The number of ether oxygens (including phenoxy) is 1. The minimum absolute atomic E-state index is 0.191. The predicted molar refractivity (Wildman–Crippen MR) is 87.6 cm³/mol. The zero-order chi connectivity index (χ0) is 14.7. The van der Waals surface area contributed by atoms with Gasteiger partial charge in [0.1, 0.15) is 11.6 Å². The molecular weight excluding hydrogens is 270 g/mol. The van der Waals surface area contributed by atoms with Crippen molar-refractivity contribution in [1.29, 1.82) is 0 Å². The first-order valence-electron chi connectivity index (χ1n) is 6.47. The standard InChI is InChI=1S/C15H19N3OS/c1-10(9-14(16)20)18(2)15-12-5-4-6-13(19-3)11(12)7-8-17-15/h4-8,10H,9H2,1-3H3,(H2,16,20). The van der Waals surface area contributed by atoms with E-state index < -0.39 is 0 Å². The van der Waals surface area contributed by atoms with Gasteiger partial charge >= 0.3 is 0 Å². The van der Waals surface area contributed by atoms with Gasteiger partial charge in [-0.25, -0.2) is 4.98 Å². The van der Waals surface area contributed by atoms with Crippen LogP contribution in [0.5, 0.6) is 5.75 Å². The molecule has 0 bridgehead atoms. The lowest BCUT2D eigenvalue weighted by molar-refractivity contribution is 0.420. The fraction of sp³-hybridized carbons (Fsp3) is 0.333. The summed E-state index contributed by atoms with van der Waals surface area (Å²) in [4.78, 5) is 7.11. The topological polar surface area (TPSA) is 51.4 Å². The number of anilines is 1. The molecule has 0 aliphatic carbocycles. The van der Waals surface area contributed by atoms with E-state index in [-0.39, 0.29) is 6.04 Å². The number of benzene rings is 1. The first-order valence-corrected chi connectivity index (χ1v) is 6.88. The number of hydrogen-bond donors (Lipinski definition) is 1. The van der Waals surface area contributed by atoms with Gasteiger partial charge in [-0.1, -0.05) is 24.4 Å². The van der Waals surface area contributed by atoms with Crippen molar-refractivity contribution in [3.8, 4) is 5.75 Å². The fourth-order valence-corrected chi connectivity index (χ4v) is 2.50. The largest absolute Gasteiger partial charge is 0.496 e. The molecule has 1 aromatic carbocycles. The Bertz CT molecular complexity index is 630. The number of methoxy groups -OCH3 is 1. The Morgan fingerprint density at radius 3 is 2.80 bits per heavy atom. The molecule has 20 heavy (non-hydrogen) atoms. The van der Waals surface area contributed by atoms with E-state index in [1.165, 1.54) is 0 Å². The third-order valence-corrected chi connectivity index (χ3v) is 3.62. The summed E-state index contributed by atoms with van der Waals surface area (Å²) in [6.45, 7) is 2.08. The Labute approximate surface area is 124 Å². The Morgan fingerprint density at radius 2 is 2.15 bits per heavy atom. The summed E-state index contributed by atoms with van der Waals surface area (Å²) in [7, 11) is 3.68. The van der Waals surface area contributed by atoms with Gasteiger partial charge in [-0.3, -0.25) is 0 Å². The molecule has 5 heteroatoms. The Hall–Kier alpha value is -1.88. The highest BCUT2D eigenvalue weighted by atomic mass is 32.1. The van der Waals surface area contributed by atoms with Gasteiger partial charge in [-0.15, -0.1) is 0 Å². The van der Waals surface area contributed by atoms with Crippen LogP contribution in [0.25, 0.3) is 10.8 Å². The number of hydrogen-bond acceptors (Lipinski definition) is 4. The smallest absolute Gasteiger partial charge is 0.136 e. The van der Waals surface area contributed by atoms with E-state index in [1.54, 1.807) is 13.3 Å². The van der Waals surface area contributed by atoms with Gasteiger partial charge in [0.25, 0.3) is 0 Å². The number of nitrogens with two attached hydrogens (primary N) is 1. The molecule has 2 rings (SSSR count). The lowest BCUT2D eigenvalue weighted by atomic mass is 10.1. The maximum Gasteiger partial charge on any atom is 0.136 e. The third-order valence-electron chi connectivity index (χ3n) is 3.46. The van der Waals surface area contributed by atoms with Crippen molar-refractivity contribution < 1.29 is 4.74 Å².